The highest BCUT2D eigenvalue weighted by Gasteiger charge is 2.34. The number of rotatable bonds is 10. The van der Waals surface area contributed by atoms with E-state index in [1.807, 2.05) is 46.7 Å². The molecule has 172 valence electrons. The van der Waals surface area contributed by atoms with E-state index < -0.39 is 6.04 Å². The summed E-state index contributed by atoms with van der Waals surface area (Å²) in [6.45, 7) is 1.98. The second-order valence-electron chi connectivity index (χ2n) is 7.92. The average Bonchev–Trinajstić information content (AvgIpc) is 3.37. The fraction of sp³-hybridized carbons (Fsp3) is 0.458. The Morgan fingerprint density at radius 2 is 1.88 bits per heavy atom. The summed E-state index contributed by atoms with van der Waals surface area (Å²) < 4.78 is 5.01. The number of likely N-dealkylation sites (tertiary alicyclic amines) is 1. The van der Waals surface area contributed by atoms with Crippen molar-refractivity contribution in [2.24, 2.45) is 5.92 Å². The number of amides is 3. The van der Waals surface area contributed by atoms with Crippen LogP contribution in [0.25, 0.3) is 0 Å². The molecule has 1 aromatic heterocycles. The van der Waals surface area contributed by atoms with E-state index in [1.54, 1.807) is 13.2 Å². The summed E-state index contributed by atoms with van der Waals surface area (Å²) in [7, 11) is 1.58. The van der Waals surface area contributed by atoms with Crippen LogP contribution >= 0.6 is 11.3 Å². The lowest BCUT2D eigenvalue weighted by atomic mass is 9.88. The van der Waals surface area contributed by atoms with Gasteiger partial charge in [0.25, 0.3) is 5.91 Å². The first-order valence-corrected chi connectivity index (χ1v) is 11.9. The van der Waals surface area contributed by atoms with Crippen LogP contribution in [0.15, 0.2) is 47.8 Å². The Morgan fingerprint density at radius 3 is 2.53 bits per heavy atom. The molecule has 7 nitrogen and oxygen atoms in total. The van der Waals surface area contributed by atoms with Gasteiger partial charge in [-0.25, -0.2) is 0 Å². The zero-order valence-corrected chi connectivity index (χ0v) is 19.2. The first-order valence-electron chi connectivity index (χ1n) is 11.0. The minimum absolute atomic E-state index is 0.0281. The Morgan fingerprint density at radius 1 is 1.12 bits per heavy atom. The molecule has 0 radical (unpaired) electrons. The maximum absolute atomic E-state index is 12.8. The van der Waals surface area contributed by atoms with Crippen LogP contribution in [0, 0.1) is 5.92 Å². The molecule has 1 aliphatic heterocycles. The predicted molar refractivity (Wildman–Crippen MR) is 125 cm³/mol. The molecular weight excluding hydrogens is 426 g/mol. The standard InChI is InChI=1S/C24H31N3O4S/c1-31-16-13-25-24(30)22(26-23(29)20-8-5-17-32-20)19-11-14-27(15-12-19)21(28)10-9-18-6-3-2-4-7-18/h2-8,17,19,22H,9-16H2,1H3,(H,25,30)(H,26,29)/t22-/m1/s1. The number of benzene rings is 1. The zero-order chi connectivity index (χ0) is 22.8. The number of nitrogens with zero attached hydrogens (tertiary/aromatic N) is 1. The average molecular weight is 458 g/mol. The molecule has 0 spiro atoms. The van der Waals surface area contributed by atoms with Gasteiger partial charge in [0.05, 0.1) is 11.5 Å². The van der Waals surface area contributed by atoms with Crippen molar-refractivity contribution in [1.82, 2.24) is 15.5 Å². The Hall–Kier alpha value is -2.71. The first-order chi connectivity index (χ1) is 15.6. The molecule has 2 N–H and O–H groups in total. The molecule has 2 heterocycles. The van der Waals surface area contributed by atoms with Crippen molar-refractivity contribution in [2.45, 2.75) is 31.7 Å². The molecule has 0 unspecified atom stereocenters. The third-order valence-corrected chi connectivity index (χ3v) is 6.62. The van der Waals surface area contributed by atoms with Gasteiger partial charge in [0.1, 0.15) is 6.04 Å². The maximum atomic E-state index is 12.8. The Balaban J connectivity index is 1.55. The number of thiophene rings is 1. The molecule has 2 aromatic rings. The van der Waals surface area contributed by atoms with Gasteiger partial charge in [-0.1, -0.05) is 36.4 Å². The number of piperidine rings is 1. The van der Waals surface area contributed by atoms with Gasteiger partial charge in [0, 0.05) is 33.2 Å². The van der Waals surface area contributed by atoms with Crippen molar-refractivity contribution in [3.8, 4) is 0 Å². The maximum Gasteiger partial charge on any atom is 0.262 e. The smallest absolute Gasteiger partial charge is 0.262 e. The van der Waals surface area contributed by atoms with E-state index in [2.05, 4.69) is 10.6 Å². The van der Waals surface area contributed by atoms with E-state index in [4.69, 9.17) is 4.74 Å². The van der Waals surface area contributed by atoms with Gasteiger partial charge in [0.15, 0.2) is 0 Å². The normalized spacial score (nSPS) is 15.2. The monoisotopic (exact) mass is 457 g/mol. The van der Waals surface area contributed by atoms with Crippen molar-refractivity contribution in [3.63, 3.8) is 0 Å². The highest BCUT2D eigenvalue weighted by molar-refractivity contribution is 7.12. The number of methoxy groups -OCH3 is 1. The molecule has 0 bridgehead atoms. The highest BCUT2D eigenvalue weighted by atomic mass is 32.1. The van der Waals surface area contributed by atoms with E-state index in [0.29, 0.717) is 50.4 Å². The minimum Gasteiger partial charge on any atom is -0.383 e. The summed E-state index contributed by atoms with van der Waals surface area (Å²) >= 11 is 1.34. The lowest BCUT2D eigenvalue weighted by Crippen LogP contribution is -2.54. The number of ether oxygens (including phenoxy) is 1. The second-order valence-corrected chi connectivity index (χ2v) is 8.86. The first kappa shape index (κ1) is 23.9. The Bertz CT molecular complexity index is 865. The summed E-state index contributed by atoms with van der Waals surface area (Å²) in [6.07, 6.45) is 2.54. The van der Waals surface area contributed by atoms with Gasteiger partial charge in [0.2, 0.25) is 11.8 Å². The third-order valence-electron chi connectivity index (χ3n) is 5.75. The SMILES string of the molecule is COCCNC(=O)[C@H](NC(=O)c1cccs1)C1CCN(C(=O)CCc2ccccc2)CC1. The third kappa shape index (κ3) is 6.90. The van der Waals surface area contributed by atoms with Gasteiger partial charge in [-0.2, -0.15) is 0 Å². The summed E-state index contributed by atoms with van der Waals surface area (Å²) in [5.74, 6) is -0.343. The Labute approximate surface area is 193 Å². The topological polar surface area (TPSA) is 87.7 Å². The lowest BCUT2D eigenvalue weighted by Gasteiger charge is -2.36. The van der Waals surface area contributed by atoms with Crippen LogP contribution in [0.3, 0.4) is 0 Å². The second kappa shape index (κ2) is 12.4. The van der Waals surface area contributed by atoms with Crippen LogP contribution in [0.1, 0.15) is 34.5 Å². The van der Waals surface area contributed by atoms with E-state index in [1.165, 1.54) is 11.3 Å². The zero-order valence-electron chi connectivity index (χ0n) is 18.4. The van der Waals surface area contributed by atoms with Crippen molar-refractivity contribution in [2.75, 3.05) is 33.4 Å². The number of aryl methyl sites for hydroxylation is 1. The lowest BCUT2D eigenvalue weighted by molar-refractivity contribution is -0.133. The number of hydrogen-bond donors (Lipinski definition) is 2. The van der Waals surface area contributed by atoms with Gasteiger partial charge in [-0.15, -0.1) is 11.3 Å². The van der Waals surface area contributed by atoms with Crippen LogP contribution in [0.4, 0.5) is 0 Å². The fourth-order valence-electron chi connectivity index (χ4n) is 3.94. The Kier molecular flexibility index (Phi) is 9.25. The number of hydrogen-bond acceptors (Lipinski definition) is 5. The molecule has 0 aliphatic carbocycles. The van der Waals surface area contributed by atoms with Crippen LogP contribution in [-0.2, 0) is 20.7 Å². The van der Waals surface area contributed by atoms with Crippen LogP contribution in [-0.4, -0.2) is 62.0 Å². The predicted octanol–water partition coefficient (Wildman–Crippen LogP) is 2.48. The van der Waals surface area contributed by atoms with Crippen LogP contribution < -0.4 is 10.6 Å². The number of carbonyl (C=O) groups excluding carboxylic acids is 3. The molecule has 1 atom stereocenters. The number of carbonyl (C=O) groups is 3. The molecule has 1 saturated heterocycles. The van der Waals surface area contributed by atoms with Crippen LogP contribution in [0.5, 0.6) is 0 Å². The molecule has 1 aliphatic rings. The van der Waals surface area contributed by atoms with Crippen molar-refractivity contribution < 1.29 is 19.1 Å². The van der Waals surface area contributed by atoms with E-state index in [0.717, 1.165) is 12.0 Å². The van der Waals surface area contributed by atoms with Gasteiger partial charge >= 0.3 is 0 Å². The van der Waals surface area contributed by atoms with Crippen LogP contribution in [0.2, 0.25) is 0 Å². The van der Waals surface area contributed by atoms with E-state index >= 15 is 0 Å². The summed E-state index contributed by atoms with van der Waals surface area (Å²) in [4.78, 5) is 40.6. The summed E-state index contributed by atoms with van der Waals surface area (Å²) in [5.41, 5.74) is 1.15. The summed E-state index contributed by atoms with van der Waals surface area (Å²) in [6, 6.07) is 12.9. The fourth-order valence-corrected chi connectivity index (χ4v) is 4.57. The minimum atomic E-state index is -0.636. The summed E-state index contributed by atoms with van der Waals surface area (Å²) in [5, 5.41) is 7.61. The molecule has 1 aromatic carbocycles. The highest BCUT2D eigenvalue weighted by Crippen LogP contribution is 2.23. The molecule has 3 amide bonds. The number of nitrogens with one attached hydrogen (secondary N) is 2. The van der Waals surface area contributed by atoms with Crippen molar-refractivity contribution >= 4 is 29.1 Å². The van der Waals surface area contributed by atoms with Crippen molar-refractivity contribution in [3.05, 3.63) is 58.3 Å². The van der Waals surface area contributed by atoms with E-state index in [-0.39, 0.29) is 23.6 Å². The van der Waals surface area contributed by atoms with Gasteiger partial charge in [-0.3, -0.25) is 14.4 Å². The molecule has 1 fully saturated rings. The van der Waals surface area contributed by atoms with E-state index in [9.17, 15) is 14.4 Å². The largest absolute Gasteiger partial charge is 0.383 e. The quantitative estimate of drug-likeness (QED) is 0.537. The van der Waals surface area contributed by atoms with Gasteiger partial charge in [-0.05, 0) is 42.2 Å². The molecular formula is C24H31N3O4S. The molecule has 8 heteroatoms. The molecule has 3 rings (SSSR count). The molecule has 32 heavy (non-hydrogen) atoms. The van der Waals surface area contributed by atoms with Crippen molar-refractivity contribution in [1.29, 1.82) is 0 Å². The molecule has 0 saturated carbocycles. The van der Waals surface area contributed by atoms with Gasteiger partial charge < -0.3 is 20.3 Å².